The molecule has 7 heteroatoms. The molecule has 1 aromatic rings. The molecule has 2 aliphatic heterocycles. The fourth-order valence-electron chi connectivity index (χ4n) is 3.61. The van der Waals surface area contributed by atoms with Crippen molar-refractivity contribution in [3.63, 3.8) is 0 Å². The number of hydrogen-bond donors (Lipinski definition) is 0. The van der Waals surface area contributed by atoms with E-state index in [1.165, 1.54) is 14.4 Å². The van der Waals surface area contributed by atoms with E-state index in [0.717, 1.165) is 65.4 Å². The monoisotopic (exact) mass is 580 g/mol. The maximum atomic E-state index is 6.61. The second-order valence-corrected chi connectivity index (χ2v) is 18.3. The van der Waals surface area contributed by atoms with Crippen LogP contribution >= 0.6 is 17.0 Å². The molecule has 2 saturated heterocycles. The molecule has 0 bridgehead atoms. The van der Waals surface area contributed by atoms with Crippen LogP contribution in [0.1, 0.15) is 11.1 Å². The summed E-state index contributed by atoms with van der Waals surface area (Å²) in [5, 5.41) is 0. The molecule has 2 aliphatic rings. The zero-order chi connectivity index (χ0) is 17.8. The van der Waals surface area contributed by atoms with Crippen LogP contribution in [-0.4, -0.2) is 105 Å². The van der Waals surface area contributed by atoms with Crippen LogP contribution in [0.25, 0.3) is 0 Å². The van der Waals surface area contributed by atoms with Crippen molar-refractivity contribution in [3.8, 4) is 0 Å². The van der Waals surface area contributed by atoms with E-state index in [1.807, 2.05) is 0 Å². The van der Waals surface area contributed by atoms with E-state index in [9.17, 15) is 0 Å². The van der Waals surface area contributed by atoms with Crippen LogP contribution in [0.4, 0.5) is 0 Å². The zero-order valence-electron chi connectivity index (χ0n) is 15.3. The Labute approximate surface area is 167 Å². The molecule has 0 saturated carbocycles. The Hall–Kier alpha value is 0.523. The van der Waals surface area contributed by atoms with Gasteiger partial charge in [-0.3, -0.25) is 0 Å². The summed E-state index contributed by atoms with van der Waals surface area (Å²) in [7, 11) is 17.6. The summed E-state index contributed by atoms with van der Waals surface area (Å²) in [6.45, 7) is 11.1. The molecular formula is C18H29BiCl2N4. The van der Waals surface area contributed by atoms with Crippen molar-refractivity contribution in [1.29, 1.82) is 0 Å². The number of benzene rings is 1. The Morgan fingerprint density at radius 3 is 1.52 bits per heavy atom. The maximum absolute atomic E-state index is 6.61. The fourth-order valence-corrected chi connectivity index (χ4v) is 10.2. The van der Waals surface area contributed by atoms with Gasteiger partial charge in [-0.15, -0.1) is 0 Å². The Balaban J connectivity index is 1.72. The number of likely N-dealkylation sites (N-methyl/N-ethyl adjacent to an activating group) is 2. The fraction of sp³-hybridized carbons (Fsp3) is 0.667. The molecule has 0 radical (unpaired) electrons. The summed E-state index contributed by atoms with van der Waals surface area (Å²) in [5.74, 6) is 0. The molecule has 2 heterocycles. The van der Waals surface area contributed by atoms with E-state index in [1.54, 1.807) is 0 Å². The van der Waals surface area contributed by atoms with Gasteiger partial charge in [0, 0.05) is 0 Å². The molecule has 0 N–H and O–H groups in total. The van der Waals surface area contributed by atoms with Crippen molar-refractivity contribution in [2.75, 3.05) is 66.5 Å². The number of piperazine rings is 2. The molecule has 2 fully saturated rings. The van der Waals surface area contributed by atoms with Gasteiger partial charge >= 0.3 is 168 Å². The van der Waals surface area contributed by atoms with Crippen LogP contribution in [0, 0.1) is 0 Å². The van der Waals surface area contributed by atoms with E-state index in [4.69, 9.17) is 17.0 Å². The van der Waals surface area contributed by atoms with Gasteiger partial charge < -0.3 is 0 Å². The summed E-state index contributed by atoms with van der Waals surface area (Å²) < 4.78 is 1.33. The first kappa shape index (κ1) is 20.3. The van der Waals surface area contributed by atoms with Gasteiger partial charge in [0.15, 0.2) is 0 Å². The van der Waals surface area contributed by atoms with Crippen molar-refractivity contribution in [3.05, 3.63) is 29.3 Å². The van der Waals surface area contributed by atoms with Crippen LogP contribution in [0.2, 0.25) is 0 Å². The predicted molar refractivity (Wildman–Crippen MR) is 109 cm³/mol. The predicted octanol–water partition coefficient (Wildman–Crippen LogP) is 1.35. The van der Waals surface area contributed by atoms with Gasteiger partial charge in [0.25, 0.3) is 0 Å². The quantitative estimate of drug-likeness (QED) is 0.488. The van der Waals surface area contributed by atoms with Crippen LogP contribution in [0.3, 0.4) is 0 Å². The number of nitrogens with zero attached hydrogens (tertiary/aromatic N) is 4. The van der Waals surface area contributed by atoms with Gasteiger partial charge in [-0.25, -0.2) is 0 Å². The van der Waals surface area contributed by atoms with Crippen molar-refractivity contribution in [2.45, 2.75) is 13.1 Å². The van der Waals surface area contributed by atoms with Crippen LogP contribution in [-0.2, 0) is 13.1 Å². The van der Waals surface area contributed by atoms with Gasteiger partial charge in [0.1, 0.15) is 0 Å². The van der Waals surface area contributed by atoms with E-state index < -0.39 is 19.4 Å². The third-order valence-electron chi connectivity index (χ3n) is 5.35. The third kappa shape index (κ3) is 5.75. The molecule has 3 rings (SSSR count). The first-order chi connectivity index (χ1) is 12.0. The van der Waals surface area contributed by atoms with Crippen LogP contribution in [0.5, 0.6) is 0 Å². The molecular weight excluding hydrogens is 552 g/mol. The summed E-state index contributed by atoms with van der Waals surface area (Å²) >= 11 is -2.58. The Morgan fingerprint density at radius 2 is 1.16 bits per heavy atom. The molecule has 0 spiro atoms. The van der Waals surface area contributed by atoms with Crippen molar-refractivity contribution < 1.29 is 0 Å². The van der Waals surface area contributed by atoms with E-state index >= 15 is 0 Å². The summed E-state index contributed by atoms with van der Waals surface area (Å²) in [4.78, 5) is 9.87. The average molecular weight is 581 g/mol. The van der Waals surface area contributed by atoms with Gasteiger partial charge in [0.2, 0.25) is 0 Å². The normalized spacial score (nSPS) is 22.0. The molecule has 0 unspecified atom stereocenters. The molecule has 0 aromatic heterocycles. The van der Waals surface area contributed by atoms with Gasteiger partial charge in [-0.2, -0.15) is 0 Å². The molecule has 1 aromatic carbocycles. The summed E-state index contributed by atoms with van der Waals surface area (Å²) in [5.41, 5.74) is 2.75. The first-order valence-corrected chi connectivity index (χ1v) is 19.4. The third-order valence-corrected chi connectivity index (χ3v) is 11.9. The second kappa shape index (κ2) is 9.64. The SMILES string of the molecule is CN1CCN(Cc2cccc(CN3CCN(C)CC3)[c]2[Bi]([Cl])[Cl])CC1. The molecule has 0 amide bonds. The van der Waals surface area contributed by atoms with E-state index in [2.05, 4.69) is 51.9 Å². The van der Waals surface area contributed by atoms with Crippen molar-refractivity contribution >= 4 is 39.7 Å². The summed E-state index contributed by atoms with van der Waals surface area (Å²) in [6.07, 6.45) is 0. The minimum atomic E-state index is -2.58. The molecule has 0 aliphatic carbocycles. The standard InChI is InChI=1S/C18H29N4.Bi.2ClH/c1-19-6-10-21(11-7-19)15-17-4-3-5-18(14-17)16-22-12-8-20(2)9-13-22;;;/h3-5H,6-13,15-16H2,1-2H3;;2*1H/q;+2;;/p-2. The van der Waals surface area contributed by atoms with E-state index in [0.29, 0.717) is 0 Å². The number of hydrogen-bond acceptors (Lipinski definition) is 4. The van der Waals surface area contributed by atoms with Gasteiger partial charge in [-0.05, 0) is 0 Å². The Morgan fingerprint density at radius 1 is 0.760 bits per heavy atom. The zero-order valence-corrected chi connectivity index (χ0v) is 20.3. The first-order valence-electron chi connectivity index (χ1n) is 9.07. The van der Waals surface area contributed by atoms with Crippen LogP contribution in [0.15, 0.2) is 18.2 Å². The minimum absolute atomic E-state index is 0.991. The Bertz CT molecular complexity index is 514. The average Bonchev–Trinajstić information content (AvgIpc) is 2.59. The molecule has 25 heavy (non-hydrogen) atoms. The molecule has 4 nitrogen and oxygen atoms in total. The Kier molecular flexibility index (Phi) is 7.81. The topological polar surface area (TPSA) is 13.0 Å². The van der Waals surface area contributed by atoms with E-state index in [-0.39, 0.29) is 0 Å². The molecule has 140 valence electrons. The van der Waals surface area contributed by atoms with Crippen molar-refractivity contribution in [1.82, 2.24) is 19.6 Å². The summed E-state index contributed by atoms with van der Waals surface area (Å²) in [6, 6.07) is 6.68. The second-order valence-electron chi connectivity index (χ2n) is 7.32. The van der Waals surface area contributed by atoms with Crippen molar-refractivity contribution in [2.24, 2.45) is 0 Å². The van der Waals surface area contributed by atoms with Gasteiger partial charge in [0.05, 0.1) is 0 Å². The molecule has 0 atom stereocenters. The van der Waals surface area contributed by atoms with Gasteiger partial charge in [-0.1, -0.05) is 0 Å². The number of rotatable bonds is 5. The van der Waals surface area contributed by atoms with Crippen LogP contribution < -0.4 is 3.27 Å². The number of halogens is 2.